The maximum absolute atomic E-state index is 11.2. The molecule has 1 saturated carbocycles. The van der Waals surface area contributed by atoms with Gasteiger partial charge in [-0.05, 0) is 46.0 Å². The number of aliphatic imine (C=N–C) groups is 1. The molecule has 0 aromatic carbocycles. The van der Waals surface area contributed by atoms with Gasteiger partial charge in [-0.25, -0.2) is 4.79 Å². The first kappa shape index (κ1) is 12.2. The van der Waals surface area contributed by atoms with Crippen LogP contribution >= 0.6 is 0 Å². The molecule has 0 aliphatic heterocycles. The average Bonchev–Trinajstić information content (AvgIpc) is 2.45. The summed E-state index contributed by atoms with van der Waals surface area (Å²) in [6.07, 6.45) is 4.13. The van der Waals surface area contributed by atoms with Crippen molar-refractivity contribution in [2.75, 3.05) is 0 Å². The molecule has 2 atom stereocenters. The Kier molecular flexibility index (Phi) is 3.85. The topological polar surface area (TPSA) is 64.7 Å². The highest BCUT2D eigenvalue weighted by molar-refractivity contribution is 5.80. The summed E-state index contributed by atoms with van der Waals surface area (Å²) < 4.78 is 5.06. The Morgan fingerprint density at radius 3 is 2.60 bits per heavy atom. The fourth-order valence-corrected chi connectivity index (χ4v) is 1.64. The van der Waals surface area contributed by atoms with Crippen LogP contribution in [0.4, 0.5) is 4.79 Å². The summed E-state index contributed by atoms with van der Waals surface area (Å²) in [5.74, 6) is 0.340. The maximum atomic E-state index is 11.2. The van der Waals surface area contributed by atoms with Gasteiger partial charge in [0.05, 0.1) is 0 Å². The first-order chi connectivity index (χ1) is 6.87. The van der Waals surface area contributed by atoms with Crippen LogP contribution in [0.15, 0.2) is 4.99 Å². The van der Waals surface area contributed by atoms with E-state index in [4.69, 9.17) is 10.5 Å². The highest BCUT2D eigenvalue weighted by Gasteiger charge is 2.21. The number of nitrogens with two attached hydrogens (primary N) is 1. The third-order valence-corrected chi connectivity index (χ3v) is 2.30. The summed E-state index contributed by atoms with van der Waals surface area (Å²) >= 11 is 0. The van der Waals surface area contributed by atoms with E-state index in [1.165, 1.54) is 0 Å². The molecule has 4 nitrogen and oxygen atoms in total. The molecule has 1 fully saturated rings. The molecule has 0 spiro atoms. The van der Waals surface area contributed by atoms with Gasteiger partial charge in [-0.1, -0.05) is 0 Å². The van der Waals surface area contributed by atoms with Crippen molar-refractivity contribution in [2.24, 2.45) is 16.6 Å². The number of nitrogens with zero attached hydrogens (tertiary/aromatic N) is 1. The van der Waals surface area contributed by atoms with Crippen molar-refractivity contribution in [2.45, 2.75) is 51.7 Å². The zero-order valence-electron chi connectivity index (χ0n) is 9.69. The molecular weight excluding hydrogens is 192 g/mol. The van der Waals surface area contributed by atoms with Gasteiger partial charge in [-0.2, -0.15) is 4.99 Å². The van der Waals surface area contributed by atoms with Crippen LogP contribution in [-0.4, -0.2) is 24.0 Å². The minimum atomic E-state index is -0.511. The standard InChI is InChI=1S/C11H20N2O2/c1-11(2,3)15-10(14)13-7-8-4-5-9(12)6-8/h7-9H,4-6,12H2,1-3H3/b13-7+/t8?,9-/m1/s1. The number of ether oxygens (including phenoxy) is 1. The summed E-state index contributed by atoms with van der Waals surface area (Å²) in [5, 5.41) is 0. The molecule has 0 heterocycles. The predicted octanol–water partition coefficient (Wildman–Crippen LogP) is 2.12. The lowest BCUT2D eigenvalue weighted by atomic mass is 10.1. The van der Waals surface area contributed by atoms with Crippen LogP contribution in [0.1, 0.15) is 40.0 Å². The number of hydrogen-bond donors (Lipinski definition) is 1. The van der Waals surface area contributed by atoms with Crippen LogP contribution in [0.25, 0.3) is 0 Å². The molecular formula is C11H20N2O2. The van der Waals surface area contributed by atoms with E-state index in [1.807, 2.05) is 20.8 Å². The van der Waals surface area contributed by atoms with Crippen molar-refractivity contribution in [3.05, 3.63) is 0 Å². The average molecular weight is 212 g/mol. The van der Waals surface area contributed by atoms with Crippen LogP contribution < -0.4 is 5.73 Å². The molecule has 2 N–H and O–H groups in total. The molecule has 86 valence electrons. The molecule has 1 aliphatic rings. The molecule has 1 unspecified atom stereocenters. The largest absolute Gasteiger partial charge is 0.442 e. The second kappa shape index (κ2) is 4.75. The predicted molar refractivity (Wildman–Crippen MR) is 60.0 cm³/mol. The van der Waals surface area contributed by atoms with Gasteiger partial charge in [0, 0.05) is 12.3 Å². The molecule has 15 heavy (non-hydrogen) atoms. The van der Waals surface area contributed by atoms with E-state index in [-0.39, 0.29) is 6.04 Å². The molecule has 0 aromatic heterocycles. The van der Waals surface area contributed by atoms with Crippen molar-refractivity contribution in [1.29, 1.82) is 0 Å². The highest BCUT2D eigenvalue weighted by Crippen LogP contribution is 2.22. The Morgan fingerprint density at radius 2 is 2.13 bits per heavy atom. The van der Waals surface area contributed by atoms with Gasteiger partial charge in [0.25, 0.3) is 0 Å². The molecule has 0 radical (unpaired) electrons. The lowest BCUT2D eigenvalue weighted by Gasteiger charge is -2.17. The van der Waals surface area contributed by atoms with E-state index < -0.39 is 11.7 Å². The molecule has 0 saturated heterocycles. The second-order valence-corrected chi connectivity index (χ2v) is 5.09. The summed E-state index contributed by atoms with van der Waals surface area (Å²) in [4.78, 5) is 15.0. The summed E-state index contributed by atoms with van der Waals surface area (Å²) in [5.41, 5.74) is 5.28. The van der Waals surface area contributed by atoms with E-state index in [1.54, 1.807) is 6.21 Å². The van der Waals surface area contributed by atoms with E-state index in [0.29, 0.717) is 5.92 Å². The fourth-order valence-electron chi connectivity index (χ4n) is 1.64. The van der Waals surface area contributed by atoms with Gasteiger partial charge in [0.2, 0.25) is 0 Å². The third-order valence-electron chi connectivity index (χ3n) is 2.30. The van der Waals surface area contributed by atoms with Crippen molar-refractivity contribution in [3.63, 3.8) is 0 Å². The Balaban J connectivity index is 2.34. The van der Waals surface area contributed by atoms with Gasteiger partial charge < -0.3 is 10.5 Å². The zero-order valence-corrected chi connectivity index (χ0v) is 9.69. The van der Waals surface area contributed by atoms with Crippen LogP contribution in [-0.2, 0) is 4.74 Å². The summed E-state index contributed by atoms with van der Waals surface area (Å²) in [7, 11) is 0. The molecule has 0 bridgehead atoms. The first-order valence-corrected chi connectivity index (χ1v) is 5.39. The van der Waals surface area contributed by atoms with Gasteiger partial charge in [0.1, 0.15) is 5.60 Å². The van der Waals surface area contributed by atoms with Crippen molar-refractivity contribution >= 4 is 12.3 Å². The molecule has 1 amide bonds. The first-order valence-electron chi connectivity index (χ1n) is 5.39. The number of carbonyl (C=O) groups excluding carboxylic acids is 1. The Hall–Kier alpha value is -0.900. The van der Waals surface area contributed by atoms with Crippen LogP contribution in [0, 0.1) is 5.92 Å². The monoisotopic (exact) mass is 212 g/mol. The minimum Gasteiger partial charge on any atom is -0.442 e. The summed E-state index contributed by atoms with van der Waals surface area (Å²) in [6, 6.07) is 0.264. The molecule has 1 aliphatic carbocycles. The number of amides is 1. The van der Waals surface area contributed by atoms with Crippen molar-refractivity contribution in [3.8, 4) is 0 Å². The third kappa shape index (κ3) is 4.93. The normalized spacial score (nSPS) is 27.2. The van der Waals surface area contributed by atoms with Gasteiger partial charge in [-0.3, -0.25) is 0 Å². The van der Waals surface area contributed by atoms with Crippen molar-refractivity contribution in [1.82, 2.24) is 0 Å². The van der Waals surface area contributed by atoms with Gasteiger partial charge in [0.15, 0.2) is 0 Å². The zero-order chi connectivity index (χ0) is 11.5. The van der Waals surface area contributed by atoms with E-state index in [2.05, 4.69) is 4.99 Å². The van der Waals surface area contributed by atoms with E-state index in [0.717, 1.165) is 19.3 Å². The highest BCUT2D eigenvalue weighted by atomic mass is 16.6. The maximum Gasteiger partial charge on any atom is 0.433 e. The van der Waals surface area contributed by atoms with Crippen LogP contribution in [0.3, 0.4) is 0 Å². The number of hydrogen-bond acceptors (Lipinski definition) is 3. The Labute approximate surface area is 90.9 Å². The van der Waals surface area contributed by atoms with Crippen molar-refractivity contribution < 1.29 is 9.53 Å². The number of rotatable bonds is 1. The molecule has 1 rings (SSSR count). The van der Waals surface area contributed by atoms with Crippen LogP contribution in [0.5, 0.6) is 0 Å². The number of carbonyl (C=O) groups is 1. The Bertz CT molecular complexity index is 256. The van der Waals surface area contributed by atoms with E-state index in [9.17, 15) is 4.79 Å². The van der Waals surface area contributed by atoms with Gasteiger partial charge in [-0.15, -0.1) is 0 Å². The Morgan fingerprint density at radius 1 is 1.47 bits per heavy atom. The minimum absolute atomic E-state index is 0.264. The smallest absolute Gasteiger partial charge is 0.433 e. The fraction of sp³-hybridized carbons (Fsp3) is 0.818. The summed E-state index contributed by atoms with van der Waals surface area (Å²) in [6.45, 7) is 5.48. The quantitative estimate of drug-likeness (QED) is 0.677. The van der Waals surface area contributed by atoms with Gasteiger partial charge >= 0.3 is 6.09 Å². The SMILES string of the molecule is CC(C)(C)OC(=O)/N=C/C1CC[C@@H](N)C1. The lowest BCUT2D eigenvalue weighted by Crippen LogP contribution is -2.22. The van der Waals surface area contributed by atoms with Crippen LogP contribution in [0.2, 0.25) is 0 Å². The van der Waals surface area contributed by atoms with E-state index >= 15 is 0 Å². The molecule has 0 aromatic rings. The molecule has 4 heteroatoms. The lowest BCUT2D eigenvalue weighted by molar-refractivity contribution is 0.0604. The second-order valence-electron chi connectivity index (χ2n) is 5.09.